The predicted octanol–water partition coefficient (Wildman–Crippen LogP) is 5.52. The first-order valence-corrected chi connectivity index (χ1v) is 7.06. The Hall–Kier alpha value is 0. The normalized spacial score (nSPS) is 19.6. The van der Waals surface area contributed by atoms with Crippen LogP contribution in [0.25, 0.3) is 0 Å². The molecular weight excluding hydrogens is 180 g/mol. The Morgan fingerprint density at radius 2 is 1.47 bits per heavy atom. The summed E-state index contributed by atoms with van der Waals surface area (Å²) >= 11 is 0. The van der Waals surface area contributed by atoms with Crippen LogP contribution in [-0.2, 0) is 0 Å². The topological polar surface area (TPSA) is 0 Å². The van der Waals surface area contributed by atoms with Crippen molar-refractivity contribution in [1.82, 2.24) is 0 Å². The van der Waals surface area contributed by atoms with Crippen molar-refractivity contribution >= 4 is 0 Å². The van der Waals surface area contributed by atoms with Gasteiger partial charge in [0, 0.05) is 0 Å². The van der Waals surface area contributed by atoms with E-state index in [2.05, 4.69) is 41.5 Å². The molecule has 0 N–H and O–H groups in total. The standard InChI is InChI=1S/C15H32/c1-7-10-15(11-12(4)8-2)14(6)13(5)9-3/h12-15H,7-11H2,1-6H3. The summed E-state index contributed by atoms with van der Waals surface area (Å²) in [4.78, 5) is 0. The second kappa shape index (κ2) is 8.19. The van der Waals surface area contributed by atoms with Crippen LogP contribution in [0.1, 0.15) is 73.6 Å². The number of hydrogen-bond donors (Lipinski definition) is 0. The van der Waals surface area contributed by atoms with Gasteiger partial charge in [0.25, 0.3) is 0 Å². The van der Waals surface area contributed by atoms with Crippen molar-refractivity contribution in [1.29, 1.82) is 0 Å². The fraction of sp³-hybridized carbons (Fsp3) is 1.00. The van der Waals surface area contributed by atoms with Crippen molar-refractivity contribution in [2.75, 3.05) is 0 Å². The molecule has 0 aromatic rings. The van der Waals surface area contributed by atoms with Crippen molar-refractivity contribution < 1.29 is 0 Å². The minimum absolute atomic E-state index is 0.894. The van der Waals surface area contributed by atoms with Gasteiger partial charge in [-0.3, -0.25) is 0 Å². The lowest BCUT2D eigenvalue weighted by Gasteiger charge is -2.30. The molecule has 4 unspecified atom stereocenters. The Morgan fingerprint density at radius 1 is 0.867 bits per heavy atom. The Bertz CT molecular complexity index is 139. The van der Waals surface area contributed by atoms with E-state index in [0.29, 0.717) is 0 Å². The van der Waals surface area contributed by atoms with Crippen LogP contribution < -0.4 is 0 Å². The summed E-state index contributed by atoms with van der Waals surface area (Å²) in [6.07, 6.45) is 6.89. The Morgan fingerprint density at radius 3 is 1.87 bits per heavy atom. The van der Waals surface area contributed by atoms with Crippen LogP contribution in [0.5, 0.6) is 0 Å². The second-order valence-electron chi connectivity index (χ2n) is 5.54. The average Bonchev–Trinajstić information content (AvgIpc) is 2.26. The molecule has 92 valence electrons. The van der Waals surface area contributed by atoms with E-state index >= 15 is 0 Å². The third kappa shape index (κ3) is 5.58. The average molecular weight is 212 g/mol. The summed E-state index contributed by atoms with van der Waals surface area (Å²) < 4.78 is 0. The number of hydrogen-bond acceptors (Lipinski definition) is 0. The molecule has 0 heteroatoms. The summed E-state index contributed by atoms with van der Waals surface area (Å²) in [5.41, 5.74) is 0. The molecule has 0 rings (SSSR count). The van der Waals surface area contributed by atoms with E-state index < -0.39 is 0 Å². The molecule has 0 aromatic carbocycles. The van der Waals surface area contributed by atoms with Crippen molar-refractivity contribution in [3.05, 3.63) is 0 Å². The molecule has 0 aliphatic heterocycles. The highest BCUT2D eigenvalue weighted by Crippen LogP contribution is 2.32. The van der Waals surface area contributed by atoms with Gasteiger partial charge in [-0.1, -0.05) is 67.2 Å². The largest absolute Gasteiger partial charge is 0.0654 e. The minimum Gasteiger partial charge on any atom is -0.0654 e. The Labute approximate surface area is 97.8 Å². The van der Waals surface area contributed by atoms with Crippen LogP contribution in [0.3, 0.4) is 0 Å². The molecule has 0 spiro atoms. The predicted molar refractivity (Wildman–Crippen MR) is 71.1 cm³/mol. The third-order valence-corrected chi connectivity index (χ3v) is 4.35. The first kappa shape index (κ1) is 15.0. The summed E-state index contributed by atoms with van der Waals surface area (Å²) in [6, 6.07) is 0. The van der Waals surface area contributed by atoms with Gasteiger partial charge in [0.1, 0.15) is 0 Å². The highest BCUT2D eigenvalue weighted by Gasteiger charge is 2.22. The summed E-state index contributed by atoms with van der Waals surface area (Å²) in [5, 5.41) is 0. The molecule has 0 nitrogen and oxygen atoms in total. The van der Waals surface area contributed by atoms with Gasteiger partial charge in [-0.15, -0.1) is 0 Å². The van der Waals surface area contributed by atoms with Gasteiger partial charge in [-0.05, 0) is 30.1 Å². The van der Waals surface area contributed by atoms with Gasteiger partial charge < -0.3 is 0 Å². The van der Waals surface area contributed by atoms with Crippen LogP contribution in [0.2, 0.25) is 0 Å². The van der Waals surface area contributed by atoms with Gasteiger partial charge in [-0.2, -0.15) is 0 Å². The van der Waals surface area contributed by atoms with Gasteiger partial charge >= 0.3 is 0 Å². The molecule has 0 heterocycles. The molecular formula is C15H32. The Kier molecular flexibility index (Phi) is 8.19. The van der Waals surface area contributed by atoms with Gasteiger partial charge in [-0.25, -0.2) is 0 Å². The van der Waals surface area contributed by atoms with Gasteiger partial charge in [0.15, 0.2) is 0 Å². The lowest BCUT2D eigenvalue weighted by molar-refractivity contribution is 0.204. The molecule has 15 heavy (non-hydrogen) atoms. The maximum atomic E-state index is 2.47. The van der Waals surface area contributed by atoms with E-state index in [1.807, 2.05) is 0 Å². The summed E-state index contributed by atoms with van der Waals surface area (Å²) in [5.74, 6) is 3.67. The zero-order valence-corrected chi connectivity index (χ0v) is 11.8. The molecule has 0 bridgehead atoms. The molecule has 0 aromatic heterocycles. The molecule has 0 amide bonds. The Balaban J connectivity index is 4.23. The van der Waals surface area contributed by atoms with Crippen LogP contribution >= 0.6 is 0 Å². The van der Waals surface area contributed by atoms with Gasteiger partial charge in [0.05, 0.1) is 0 Å². The fourth-order valence-electron chi connectivity index (χ4n) is 2.49. The maximum absolute atomic E-state index is 2.47. The lowest BCUT2D eigenvalue weighted by Crippen LogP contribution is -2.20. The SMILES string of the molecule is CCCC(CC(C)CC)C(C)C(C)CC. The zero-order valence-electron chi connectivity index (χ0n) is 11.8. The van der Waals surface area contributed by atoms with E-state index in [4.69, 9.17) is 0 Å². The zero-order chi connectivity index (χ0) is 11.8. The van der Waals surface area contributed by atoms with Crippen LogP contribution in [-0.4, -0.2) is 0 Å². The summed E-state index contributed by atoms with van der Waals surface area (Å²) in [7, 11) is 0. The van der Waals surface area contributed by atoms with Crippen molar-refractivity contribution in [3.63, 3.8) is 0 Å². The first-order chi connectivity index (χ1) is 7.06. The third-order valence-electron chi connectivity index (χ3n) is 4.35. The van der Waals surface area contributed by atoms with Crippen LogP contribution in [0.4, 0.5) is 0 Å². The molecule has 0 radical (unpaired) electrons. The van der Waals surface area contributed by atoms with Crippen molar-refractivity contribution in [3.8, 4) is 0 Å². The highest BCUT2D eigenvalue weighted by molar-refractivity contribution is 4.72. The van der Waals surface area contributed by atoms with E-state index in [-0.39, 0.29) is 0 Å². The smallest absolute Gasteiger partial charge is 0.0384 e. The lowest BCUT2D eigenvalue weighted by atomic mass is 9.76. The molecule has 0 aliphatic carbocycles. The second-order valence-corrected chi connectivity index (χ2v) is 5.54. The van der Waals surface area contributed by atoms with Gasteiger partial charge in [0.2, 0.25) is 0 Å². The van der Waals surface area contributed by atoms with Crippen LogP contribution in [0, 0.1) is 23.7 Å². The molecule has 0 saturated carbocycles. The summed E-state index contributed by atoms with van der Waals surface area (Å²) in [6.45, 7) is 14.3. The quantitative estimate of drug-likeness (QED) is 0.497. The molecule has 0 saturated heterocycles. The highest BCUT2D eigenvalue weighted by atomic mass is 14.3. The van der Waals surface area contributed by atoms with Crippen molar-refractivity contribution in [2.24, 2.45) is 23.7 Å². The molecule has 0 aliphatic rings. The van der Waals surface area contributed by atoms with E-state index in [9.17, 15) is 0 Å². The number of rotatable bonds is 8. The van der Waals surface area contributed by atoms with E-state index in [0.717, 1.165) is 23.7 Å². The van der Waals surface area contributed by atoms with Crippen molar-refractivity contribution in [2.45, 2.75) is 73.6 Å². The fourth-order valence-corrected chi connectivity index (χ4v) is 2.49. The van der Waals surface area contributed by atoms with E-state index in [1.54, 1.807) is 0 Å². The monoisotopic (exact) mass is 212 g/mol. The van der Waals surface area contributed by atoms with Crippen LogP contribution in [0.15, 0.2) is 0 Å². The first-order valence-electron chi connectivity index (χ1n) is 7.06. The minimum atomic E-state index is 0.894. The maximum Gasteiger partial charge on any atom is -0.0384 e. The molecule has 0 fully saturated rings. The van der Waals surface area contributed by atoms with E-state index in [1.165, 1.54) is 32.1 Å². The molecule has 4 atom stereocenters.